The summed E-state index contributed by atoms with van der Waals surface area (Å²) in [4.78, 5) is 27.5. The lowest BCUT2D eigenvalue weighted by molar-refractivity contribution is 0.206. The van der Waals surface area contributed by atoms with Crippen molar-refractivity contribution < 1.29 is 4.79 Å². The quantitative estimate of drug-likeness (QED) is 0.917. The number of carbonyl (C=O) groups excluding carboxylic acids is 1. The van der Waals surface area contributed by atoms with E-state index in [1.807, 2.05) is 17.0 Å². The monoisotopic (exact) mass is 323 g/mol. The van der Waals surface area contributed by atoms with E-state index >= 15 is 0 Å². The smallest absolute Gasteiger partial charge is 0.317 e. The summed E-state index contributed by atoms with van der Waals surface area (Å²) < 4.78 is 0. The number of anilines is 1. The third-order valence-electron chi connectivity index (χ3n) is 4.78. The molecule has 2 saturated carbocycles. The zero-order valence-corrected chi connectivity index (χ0v) is 13.8. The molecule has 2 aliphatic rings. The van der Waals surface area contributed by atoms with Crippen LogP contribution in [0.4, 0.5) is 10.6 Å². The van der Waals surface area contributed by atoms with Crippen molar-refractivity contribution >= 4 is 11.8 Å². The molecule has 1 N–H and O–H groups in total. The van der Waals surface area contributed by atoms with Gasteiger partial charge in [-0.15, -0.1) is 0 Å². The number of hydrogen-bond acceptors (Lipinski definition) is 4. The van der Waals surface area contributed by atoms with Gasteiger partial charge in [0.25, 0.3) is 0 Å². The van der Waals surface area contributed by atoms with E-state index in [4.69, 9.17) is 0 Å². The Hall–Kier alpha value is -2.50. The Morgan fingerprint density at radius 3 is 2.67 bits per heavy atom. The molecular formula is C18H21N5O. The number of pyridine rings is 1. The fourth-order valence-corrected chi connectivity index (χ4v) is 2.75. The molecule has 24 heavy (non-hydrogen) atoms. The number of hydrogen-bond donors (Lipinski definition) is 1. The number of carbonyl (C=O) groups is 1. The van der Waals surface area contributed by atoms with Gasteiger partial charge < -0.3 is 4.90 Å². The van der Waals surface area contributed by atoms with Gasteiger partial charge in [0.05, 0.1) is 0 Å². The van der Waals surface area contributed by atoms with Crippen molar-refractivity contribution in [3.05, 3.63) is 48.2 Å². The van der Waals surface area contributed by atoms with E-state index in [2.05, 4.69) is 27.2 Å². The maximum atomic E-state index is 12.7. The van der Waals surface area contributed by atoms with Crippen molar-refractivity contribution in [2.24, 2.45) is 0 Å². The average Bonchev–Trinajstić information content (AvgIpc) is 3.51. The van der Waals surface area contributed by atoms with E-state index in [1.165, 1.54) is 0 Å². The van der Waals surface area contributed by atoms with Gasteiger partial charge in [0, 0.05) is 36.6 Å². The van der Waals surface area contributed by atoms with Crippen molar-refractivity contribution in [1.82, 2.24) is 19.9 Å². The van der Waals surface area contributed by atoms with Gasteiger partial charge in [0.2, 0.25) is 0 Å². The Bertz CT molecular complexity index is 740. The van der Waals surface area contributed by atoms with Gasteiger partial charge in [-0.25, -0.2) is 14.8 Å². The Balaban J connectivity index is 1.47. The third-order valence-corrected chi connectivity index (χ3v) is 4.78. The Kier molecular flexibility index (Phi) is 3.67. The molecule has 2 aromatic heterocycles. The lowest BCUT2D eigenvalue weighted by atomic mass is 10.1. The number of rotatable bonds is 5. The molecule has 2 fully saturated rings. The normalized spacial score (nSPS) is 18.0. The predicted octanol–water partition coefficient (Wildman–Crippen LogP) is 3.12. The van der Waals surface area contributed by atoms with Crippen LogP contribution in [0.5, 0.6) is 0 Å². The summed E-state index contributed by atoms with van der Waals surface area (Å²) >= 11 is 0. The van der Waals surface area contributed by atoms with Crippen LogP contribution in [0, 0.1) is 0 Å². The number of nitrogens with one attached hydrogen (secondary N) is 1. The van der Waals surface area contributed by atoms with Crippen LogP contribution in [-0.2, 0) is 12.0 Å². The van der Waals surface area contributed by atoms with Crippen LogP contribution in [0.15, 0.2) is 36.8 Å². The van der Waals surface area contributed by atoms with E-state index in [0.29, 0.717) is 18.4 Å². The second-order valence-corrected chi connectivity index (χ2v) is 6.97. The van der Waals surface area contributed by atoms with Gasteiger partial charge in [0.1, 0.15) is 11.6 Å². The SMILES string of the molecule is CC1(c2nccc(NC(=O)N(Cc3ccncc3)C3CC3)n2)CC1. The number of urea groups is 1. The van der Waals surface area contributed by atoms with Crippen LogP contribution in [0.3, 0.4) is 0 Å². The minimum Gasteiger partial charge on any atom is -0.317 e. The third kappa shape index (κ3) is 3.22. The highest BCUT2D eigenvalue weighted by Gasteiger charge is 2.42. The Morgan fingerprint density at radius 2 is 2.00 bits per heavy atom. The summed E-state index contributed by atoms with van der Waals surface area (Å²) in [6.45, 7) is 2.75. The molecule has 2 amide bonds. The van der Waals surface area contributed by atoms with Crippen molar-refractivity contribution in [1.29, 1.82) is 0 Å². The maximum Gasteiger partial charge on any atom is 0.323 e. The predicted molar refractivity (Wildman–Crippen MR) is 90.4 cm³/mol. The molecule has 2 heterocycles. The molecule has 0 aliphatic heterocycles. The molecule has 0 spiro atoms. The van der Waals surface area contributed by atoms with E-state index in [1.54, 1.807) is 24.7 Å². The highest BCUT2D eigenvalue weighted by atomic mass is 16.2. The summed E-state index contributed by atoms with van der Waals surface area (Å²) in [5, 5.41) is 2.94. The van der Waals surface area contributed by atoms with Crippen LogP contribution in [0.2, 0.25) is 0 Å². The van der Waals surface area contributed by atoms with E-state index < -0.39 is 0 Å². The summed E-state index contributed by atoms with van der Waals surface area (Å²) in [7, 11) is 0. The van der Waals surface area contributed by atoms with Gasteiger partial charge in [0.15, 0.2) is 0 Å². The van der Waals surface area contributed by atoms with Gasteiger partial charge in [-0.05, 0) is 49.4 Å². The minimum atomic E-state index is -0.0973. The summed E-state index contributed by atoms with van der Waals surface area (Å²) in [6.07, 6.45) is 9.58. The van der Waals surface area contributed by atoms with Crippen molar-refractivity contribution in [3.63, 3.8) is 0 Å². The van der Waals surface area contributed by atoms with Gasteiger partial charge >= 0.3 is 6.03 Å². The summed E-state index contributed by atoms with van der Waals surface area (Å²) in [5.41, 5.74) is 1.18. The zero-order valence-electron chi connectivity index (χ0n) is 13.8. The van der Waals surface area contributed by atoms with E-state index in [9.17, 15) is 4.79 Å². The molecule has 0 aromatic carbocycles. The van der Waals surface area contributed by atoms with Gasteiger partial charge in [-0.2, -0.15) is 0 Å². The average molecular weight is 323 g/mol. The second kappa shape index (κ2) is 5.85. The molecule has 2 aromatic rings. The van der Waals surface area contributed by atoms with Crippen molar-refractivity contribution in [3.8, 4) is 0 Å². The summed E-state index contributed by atoms with van der Waals surface area (Å²) in [6, 6.07) is 5.86. The molecule has 4 rings (SSSR count). The largest absolute Gasteiger partial charge is 0.323 e. The first kappa shape index (κ1) is 15.1. The van der Waals surface area contributed by atoms with Crippen molar-refractivity contribution in [2.75, 3.05) is 5.32 Å². The van der Waals surface area contributed by atoms with Crippen LogP contribution < -0.4 is 5.32 Å². The lowest BCUT2D eigenvalue weighted by Gasteiger charge is -2.23. The molecule has 0 bridgehead atoms. The fraction of sp³-hybridized carbons (Fsp3) is 0.444. The molecule has 0 unspecified atom stereocenters. The molecule has 6 heteroatoms. The first-order valence-corrected chi connectivity index (χ1v) is 8.44. The van der Waals surface area contributed by atoms with Gasteiger partial charge in [-0.3, -0.25) is 10.3 Å². The first-order valence-electron chi connectivity index (χ1n) is 8.44. The zero-order chi connectivity index (χ0) is 16.6. The topological polar surface area (TPSA) is 71.0 Å². The van der Waals surface area contributed by atoms with Crippen LogP contribution >= 0.6 is 0 Å². The minimum absolute atomic E-state index is 0.0912. The molecule has 0 atom stereocenters. The number of amides is 2. The highest BCUT2D eigenvalue weighted by molar-refractivity contribution is 5.88. The molecule has 0 radical (unpaired) electrons. The van der Waals surface area contributed by atoms with E-state index in [0.717, 1.165) is 37.1 Å². The fourth-order valence-electron chi connectivity index (χ4n) is 2.75. The van der Waals surface area contributed by atoms with E-state index in [-0.39, 0.29) is 11.4 Å². The van der Waals surface area contributed by atoms with Crippen LogP contribution in [-0.4, -0.2) is 31.9 Å². The first-order chi connectivity index (χ1) is 11.6. The molecule has 2 aliphatic carbocycles. The van der Waals surface area contributed by atoms with Gasteiger partial charge in [-0.1, -0.05) is 6.92 Å². The number of nitrogens with zero attached hydrogens (tertiary/aromatic N) is 4. The van der Waals surface area contributed by atoms with Crippen LogP contribution in [0.1, 0.15) is 44.0 Å². The van der Waals surface area contributed by atoms with Crippen molar-refractivity contribution in [2.45, 2.75) is 50.6 Å². The standard InChI is InChI=1S/C18H21N5O/c1-18(7-8-18)16-20-11-6-15(21-16)22-17(24)23(14-2-3-14)12-13-4-9-19-10-5-13/h4-6,9-11,14H,2-3,7-8,12H2,1H3,(H,20,21,22,24). The van der Waals surface area contributed by atoms with Crippen LogP contribution in [0.25, 0.3) is 0 Å². The highest BCUT2D eigenvalue weighted by Crippen LogP contribution is 2.45. The lowest BCUT2D eigenvalue weighted by Crippen LogP contribution is -2.36. The maximum absolute atomic E-state index is 12.7. The molecule has 124 valence electrons. The number of aromatic nitrogens is 3. The second-order valence-electron chi connectivity index (χ2n) is 6.97. The molecule has 6 nitrogen and oxygen atoms in total. The molecular weight excluding hydrogens is 302 g/mol. The summed E-state index contributed by atoms with van der Waals surface area (Å²) in [5.74, 6) is 1.41. The molecule has 0 saturated heterocycles. The Morgan fingerprint density at radius 1 is 1.25 bits per heavy atom. The Labute approximate surface area is 141 Å².